The van der Waals surface area contributed by atoms with Crippen molar-refractivity contribution in [2.75, 3.05) is 18.1 Å². The minimum Gasteiger partial charge on any atom is -0.490 e. The number of rotatable bonds is 3. The standard InChI is InChI=1S/C17H21N3O3/c1-17(2,3)16-18-14(23-19-16)8-9-15(21)20-10-11-22-13-7-5-4-6-12(13)20/h4-7H,8-11H2,1-3H3. The van der Waals surface area contributed by atoms with E-state index in [1.807, 2.05) is 45.0 Å². The number of aryl methyl sites for hydroxylation is 1. The van der Waals surface area contributed by atoms with Crippen molar-refractivity contribution >= 4 is 11.6 Å². The van der Waals surface area contributed by atoms with Gasteiger partial charge in [0.25, 0.3) is 0 Å². The lowest BCUT2D eigenvalue weighted by Gasteiger charge is -2.29. The van der Waals surface area contributed by atoms with Gasteiger partial charge < -0.3 is 14.2 Å². The van der Waals surface area contributed by atoms with Crippen molar-refractivity contribution < 1.29 is 14.1 Å². The van der Waals surface area contributed by atoms with Crippen LogP contribution in [0.5, 0.6) is 5.75 Å². The van der Waals surface area contributed by atoms with Crippen LogP contribution in [0.3, 0.4) is 0 Å². The summed E-state index contributed by atoms with van der Waals surface area (Å²) in [7, 11) is 0. The summed E-state index contributed by atoms with van der Waals surface area (Å²) < 4.78 is 10.8. The van der Waals surface area contributed by atoms with Gasteiger partial charge in [-0.25, -0.2) is 0 Å². The fraction of sp³-hybridized carbons (Fsp3) is 0.471. The quantitative estimate of drug-likeness (QED) is 0.871. The van der Waals surface area contributed by atoms with Gasteiger partial charge in [-0.3, -0.25) is 4.79 Å². The summed E-state index contributed by atoms with van der Waals surface area (Å²) in [4.78, 5) is 18.7. The van der Waals surface area contributed by atoms with Crippen LogP contribution < -0.4 is 9.64 Å². The number of carbonyl (C=O) groups excluding carboxylic acids is 1. The molecule has 0 unspecified atom stereocenters. The highest BCUT2D eigenvalue weighted by molar-refractivity contribution is 5.95. The fourth-order valence-corrected chi connectivity index (χ4v) is 2.44. The Kier molecular flexibility index (Phi) is 4.07. The normalized spacial score (nSPS) is 14.3. The summed E-state index contributed by atoms with van der Waals surface area (Å²) in [6, 6.07) is 7.58. The molecule has 2 aromatic rings. The van der Waals surface area contributed by atoms with Gasteiger partial charge in [0, 0.05) is 18.3 Å². The minimum atomic E-state index is -0.158. The van der Waals surface area contributed by atoms with Gasteiger partial charge >= 0.3 is 0 Å². The maximum absolute atomic E-state index is 12.5. The number of hydrogen-bond acceptors (Lipinski definition) is 5. The first-order chi connectivity index (χ1) is 10.9. The lowest BCUT2D eigenvalue weighted by molar-refractivity contribution is -0.118. The summed E-state index contributed by atoms with van der Waals surface area (Å²) in [5.74, 6) is 1.96. The minimum absolute atomic E-state index is 0.0382. The predicted octanol–water partition coefficient (Wildman–Crippen LogP) is 2.73. The molecule has 0 fully saturated rings. The maximum atomic E-state index is 12.5. The molecule has 1 amide bonds. The molecule has 1 aliphatic heterocycles. The lowest BCUT2D eigenvalue weighted by Crippen LogP contribution is -2.38. The van der Waals surface area contributed by atoms with Crippen LogP contribution >= 0.6 is 0 Å². The SMILES string of the molecule is CC(C)(C)c1noc(CCC(=O)N2CCOc3ccccc32)n1. The summed E-state index contributed by atoms with van der Waals surface area (Å²) in [5, 5.41) is 3.98. The highest BCUT2D eigenvalue weighted by Crippen LogP contribution is 2.31. The van der Waals surface area contributed by atoms with Crippen LogP contribution in [-0.2, 0) is 16.6 Å². The maximum Gasteiger partial charge on any atom is 0.227 e. The molecule has 6 heteroatoms. The number of para-hydroxylation sites is 2. The van der Waals surface area contributed by atoms with Gasteiger partial charge in [-0.2, -0.15) is 4.98 Å². The van der Waals surface area contributed by atoms with Crippen molar-refractivity contribution in [1.82, 2.24) is 10.1 Å². The summed E-state index contributed by atoms with van der Waals surface area (Å²) in [6.45, 7) is 7.15. The van der Waals surface area contributed by atoms with Crippen LogP contribution in [0, 0.1) is 0 Å². The highest BCUT2D eigenvalue weighted by atomic mass is 16.5. The van der Waals surface area contributed by atoms with Crippen LogP contribution in [0.15, 0.2) is 28.8 Å². The largest absolute Gasteiger partial charge is 0.490 e. The second kappa shape index (κ2) is 6.02. The molecular weight excluding hydrogens is 294 g/mol. The van der Waals surface area contributed by atoms with Gasteiger partial charge in [0.1, 0.15) is 12.4 Å². The number of carbonyl (C=O) groups is 1. The molecule has 0 N–H and O–H groups in total. The average Bonchev–Trinajstić information content (AvgIpc) is 3.01. The Hall–Kier alpha value is -2.37. The number of anilines is 1. The topological polar surface area (TPSA) is 68.5 Å². The number of benzene rings is 1. The second-order valence-electron chi connectivity index (χ2n) is 6.62. The zero-order valence-electron chi connectivity index (χ0n) is 13.7. The first-order valence-electron chi connectivity index (χ1n) is 7.80. The predicted molar refractivity (Wildman–Crippen MR) is 85.6 cm³/mol. The molecule has 23 heavy (non-hydrogen) atoms. The molecule has 122 valence electrons. The molecule has 1 aromatic heterocycles. The molecule has 0 bridgehead atoms. The Morgan fingerprint density at radius 2 is 2.09 bits per heavy atom. The van der Waals surface area contributed by atoms with E-state index in [4.69, 9.17) is 9.26 Å². The number of amides is 1. The molecular formula is C17H21N3O3. The van der Waals surface area contributed by atoms with E-state index in [2.05, 4.69) is 10.1 Å². The summed E-state index contributed by atoms with van der Waals surface area (Å²) in [5.41, 5.74) is 0.666. The first kappa shape index (κ1) is 15.5. The number of fused-ring (bicyclic) bond motifs is 1. The zero-order valence-corrected chi connectivity index (χ0v) is 13.7. The van der Waals surface area contributed by atoms with Crippen LogP contribution in [0.2, 0.25) is 0 Å². The number of ether oxygens (including phenoxy) is 1. The Balaban J connectivity index is 1.66. The van der Waals surface area contributed by atoms with Gasteiger partial charge in [-0.15, -0.1) is 0 Å². The van der Waals surface area contributed by atoms with Crippen molar-refractivity contribution in [2.24, 2.45) is 0 Å². The van der Waals surface area contributed by atoms with E-state index < -0.39 is 0 Å². The molecule has 0 saturated heterocycles. The molecule has 1 aromatic carbocycles. The van der Waals surface area contributed by atoms with E-state index in [9.17, 15) is 4.79 Å². The Bertz CT molecular complexity index is 703. The third-order valence-electron chi connectivity index (χ3n) is 3.72. The lowest BCUT2D eigenvalue weighted by atomic mass is 9.96. The monoisotopic (exact) mass is 315 g/mol. The number of aromatic nitrogens is 2. The molecule has 0 aliphatic carbocycles. The third-order valence-corrected chi connectivity index (χ3v) is 3.72. The van der Waals surface area contributed by atoms with Crippen molar-refractivity contribution in [1.29, 1.82) is 0 Å². The van der Waals surface area contributed by atoms with Crippen LogP contribution in [0.4, 0.5) is 5.69 Å². The number of hydrogen-bond donors (Lipinski definition) is 0. The Morgan fingerprint density at radius 1 is 1.30 bits per heavy atom. The van der Waals surface area contributed by atoms with E-state index in [-0.39, 0.29) is 11.3 Å². The van der Waals surface area contributed by atoms with Crippen molar-refractivity contribution in [3.05, 3.63) is 36.0 Å². The first-order valence-corrected chi connectivity index (χ1v) is 7.80. The van der Waals surface area contributed by atoms with Gasteiger partial charge in [0.05, 0.1) is 12.2 Å². The molecule has 0 radical (unpaired) electrons. The Labute approximate surface area is 135 Å². The van der Waals surface area contributed by atoms with Crippen LogP contribution in [0.25, 0.3) is 0 Å². The summed E-state index contributed by atoms with van der Waals surface area (Å²) >= 11 is 0. The smallest absolute Gasteiger partial charge is 0.227 e. The molecule has 0 saturated carbocycles. The highest BCUT2D eigenvalue weighted by Gasteiger charge is 2.24. The van der Waals surface area contributed by atoms with Crippen LogP contribution in [0.1, 0.15) is 38.9 Å². The molecule has 6 nitrogen and oxygen atoms in total. The molecule has 2 heterocycles. The second-order valence-corrected chi connectivity index (χ2v) is 6.62. The molecule has 3 rings (SSSR count). The molecule has 0 atom stereocenters. The Morgan fingerprint density at radius 3 is 2.83 bits per heavy atom. The van der Waals surface area contributed by atoms with Gasteiger partial charge in [-0.05, 0) is 12.1 Å². The van der Waals surface area contributed by atoms with Crippen LogP contribution in [-0.4, -0.2) is 29.2 Å². The molecule has 1 aliphatic rings. The van der Waals surface area contributed by atoms with E-state index in [0.717, 1.165) is 11.4 Å². The zero-order chi connectivity index (χ0) is 16.4. The summed E-state index contributed by atoms with van der Waals surface area (Å²) in [6.07, 6.45) is 0.779. The van der Waals surface area contributed by atoms with E-state index in [1.54, 1.807) is 4.90 Å². The van der Waals surface area contributed by atoms with Gasteiger partial charge in [0.15, 0.2) is 5.82 Å². The van der Waals surface area contributed by atoms with Crippen molar-refractivity contribution in [3.63, 3.8) is 0 Å². The van der Waals surface area contributed by atoms with Crippen molar-refractivity contribution in [2.45, 2.75) is 39.0 Å². The average molecular weight is 315 g/mol. The van der Waals surface area contributed by atoms with Crippen molar-refractivity contribution in [3.8, 4) is 5.75 Å². The van der Waals surface area contributed by atoms with E-state index in [1.165, 1.54) is 0 Å². The van der Waals surface area contributed by atoms with E-state index >= 15 is 0 Å². The van der Waals surface area contributed by atoms with E-state index in [0.29, 0.717) is 37.7 Å². The molecule has 0 spiro atoms. The third kappa shape index (κ3) is 3.36. The fourth-order valence-electron chi connectivity index (χ4n) is 2.44. The number of nitrogens with zero attached hydrogens (tertiary/aromatic N) is 3. The van der Waals surface area contributed by atoms with Gasteiger partial charge in [0.2, 0.25) is 11.8 Å². The van der Waals surface area contributed by atoms with Gasteiger partial charge in [-0.1, -0.05) is 38.1 Å².